The molecular weight excluding hydrogens is 482 g/mol. The van der Waals surface area contributed by atoms with E-state index in [1.807, 2.05) is 0 Å². The Hall–Kier alpha value is -3.68. The van der Waals surface area contributed by atoms with Gasteiger partial charge in [0.05, 0.1) is 23.3 Å². The summed E-state index contributed by atoms with van der Waals surface area (Å²) in [6.45, 7) is -0.429. The molecule has 0 fully saturated rings. The molecule has 2 aromatic carbocycles. The Kier molecular flexibility index (Phi) is 6.65. The number of nitrogens with zero attached hydrogens (tertiary/aromatic N) is 4. The van der Waals surface area contributed by atoms with Gasteiger partial charge in [-0.2, -0.15) is 4.98 Å². The van der Waals surface area contributed by atoms with Crippen molar-refractivity contribution in [1.29, 1.82) is 0 Å². The van der Waals surface area contributed by atoms with Crippen LogP contribution in [0.5, 0.6) is 0 Å². The minimum absolute atomic E-state index is 0.0116. The monoisotopic (exact) mass is 504 g/mol. The van der Waals surface area contributed by atoms with E-state index in [0.29, 0.717) is 11.4 Å². The number of anilines is 4. The molecule has 0 saturated heterocycles. The Balaban J connectivity index is 1.63. The van der Waals surface area contributed by atoms with Gasteiger partial charge >= 0.3 is 0 Å². The zero-order valence-electron chi connectivity index (χ0n) is 18.7. The Labute approximate surface area is 200 Å². The second-order valence-electron chi connectivity index (χ2n) is 7.72. The lowest BCUT2D eigenvalue weighted by Crippen LogP contribution is -2.46. The third-order valence-corrected chi connectivity index (χ3v) is 6.97. The molecule has 0 aliphatic carbocycles. The van der Waals surface area contributed by atoms with Crippen molar-refractivity contribution in [3.8, 4) is 0 Å². The number of nitrogens with one attached hydrogen (secondary N) is 2. The van der Waals surface area contributed by atoms with Crippen LogP contribution in [-0.2, 0) is 14.8 Å². The summed E-state index contributed by atoms with van der Waals surface area (Å²) in [4.78, 5) is 24.2. The average molecular weight is 505 g/mol. The number of hydrogen-bond acceptors (Lipinski definition) is 8. The molecule has 1 atom stereocenters. The fourth-order valence-electron chi connectivity index (χ4n) is 3.71. The zero-order valence-corrected chi connectivity index (χ0v) is 19.6. The zero-order chi connectivity index (χ0) is 25.3. The summed E-state index contributed by atoms with van der Waals surface area (Å²) < 4.78 is 55.5. The molecule has 4 rings (SSSR count). The van der Waals surface area contributed by atoms with Crippen molar-refractivity contribution in [2.24, 2.45) is 0 Å². The predicted octanol–water partition coefficient (Wildman–Crippen LogP) is 1.92. The van der Waals surface area contributed by atoms with E-state index in [-0.39, 0.29) is 35.4 Å². The van der Waals surface area contributed by atoms with Crippen LogP contribution in [-0.4, -0.2) is 56.6 Å². The third-order valence-electron chi connectivity index (χ3n) is 5.50. The maximum absolute atomic E-state index is 14.5. The minimum atomic E-state index is -3.76. The maximum atomic E-state index is 14.5. The number of sulfonamides is 1. The van der Waals surface area contributed by atoms with E-state index in [0.717, 1.165) is 12.1 Å². The molecule has 2 heterocycles. The first-order valence-corrected chi connectivity index (χ1v) is 11.9. The van der Waals surface area contributed by atoms with E-state index in [2.05, 4.69) is 20.0 Å². The number of rotatable bonds is 7. The Morgan fingerprint density at radius 2 is 1.74 bits per heavy atom. The highest BCUT2D eigenvalue weighted by atomic mass is 32.2. The number of likely N-dealkylation sites (N-methyl/N-ethyl adjacent to an activating group) is 2. The van der Waals surface area contributed by atoms with E-state index in [4.69, 9.17) is 5.11 Å². The molecule has 1 aromatic heterocycles. The van der Waals surface area contributed by atoms with Crippen molar-refractivity contribution in [1.82, 2.24) is 14.7 Å². The van der Waals surface area contributed by atoms with Crippen LogP contribution in [0.4, 0.5) is 31.9 Å². The van der Waals surface area contributed by atoms with Crippen LogP contribution in [0.2, 0.25) is 0 Å². The summed E-state index contributed by atoms with van der Waals surface area (Å²) >= 11 is 0. The van der Waals surface area contributed by atoms with Gasteiger partial charge in [-0.25, -0.2) is 26.9 Å². The first-order chi connectivity index (χ1) is 16.6. The molecule has 0 spiro atoms. The fraction of sp³-hybridized carbons (Fsp3) is 0.227. The standard InChI is InChI=1S/C22H22F2N6O4S/c1-29-17-12-25-22(27-13-6-8-14(9-7-13)35(33,34)26-10-11-31)28-20(17)30(2)19(21(29)32)18-15(23)4-3-5-16(18)24/h3-9,12,19,26,31H,10-11H2,1-2H3,(H,25,27,28). The summed E-state index contributed by atoms with van der Waals surface area (Å²) in [7, 11) is -0.774. The highest BCUT2D eigenvalue weighted by Gasteiger charge is 2.40. The van der Waals surface area contributed by atoms with Crippen molar-refractivity contribution < 1.29 is 27.1 Å². The van der Waals surface area contributed by atoms with Gasteiger partial charge in [0.1, 0.15) is 23.4 Å². The molecule has 10 nitrogen and oxygen atoms in total. The molecule has 35 heavy (non-hydrogen) atoms. The molecular formula is C22H22F2N6O4S. The molecule has 1 aliphatic rings. The van der Waals surface area contributed by atoms with E-state index < -0.39 is 33.6 Å². The Bertz CT molecular complexity index is 1350. The molecule has 3 N–H and O–H groups in total. The number of aromatic nitrogens is 2. The van der Waals surface area contributed by atoms with Crippen molar-refractivity contribution >= 4 is 39.1 Å². The number of carbonyl (C=O) groups excluding carboxylic acids is 1. The van der Waals surface area contributed by atoms with Crippen LogP contribution < -0.4 is 19.8 Å². The summed E-state index contributed by atoms with van der Waals surface area (Å²) in [5.41, 5.74) is 0.454. The van der Waals surface area contributed by atoms with E-state index in [9.17, 15) is 22.0 Å². The Morgan fingerprint density at radius 1 is 1.09 bits per heavy atom. The van der Waals surface area contributed by atoms with Gasteiger partial charge in [0.25, 0.3) is 5.91 Å². The van der Waals surface area contributed by atoms with Crippen LogP contribution in [0.15, 0.2) is 53.6 Å². The molecule has 0 saturated carbocycles. The topological polar surface area (TPSA) is 128 Å². The third kappa shape index (κ3) is 4.65. The smallest absolute Gasteiger partial charge is 0.254 e. The number of fused-ring (bicyclic) bond motifs is 1. The summed E-state index contributed by atoms with van der Waals surface area (Å²) in [5, 5.41) is 11.8. The molecule has 184 valence electrons. The molecule has 1 aliphatic heterocycles. The second kappa shape index (κ2) is 9.52. The average Bonchev–Trinajstić information content (AvgIpc) is 2.83. The van der Waals surface area contributed by atoms with Crippen molar-refractivity contribution in [2.75, 3.05) is 42.4 Å². The first-order valence-electron chi connectivity index (χ1n) is 10.4. The van der Waals surface area contributed by atoms with Crippen LogP contribution in [0.1, 0.15) is 11.6 Å². The summed E-state index contributed by atoms with van der Waals surface area (Å²) in [6.07, 6.45) is 1.41. The van der Waals surface area contributed by atoms with Crippen molar-refractivity contribution in [3.05, 3.63) is 65.9 Å². The van der Waals surface area contributed by atoms with Gasteiger partial charge in [-0.1, -0.05) is 6.07 Å². The van der Waals surface area contributed by atoms with E-state index in [1.54, 1.807) is 0 Å². The van der Waals surface area contributed by atoms with Gasteiger partial charge in [0.2, 0.25) is 16.0 Å². The number of benzene rings is 2. The molecule has 3 aromatic rings. The SMILES string of the molecule is CN1C(=O)C(c2c(F)cccc2F)N(C)c2nc(Nc3ccc(S(=O)(=O)NCCO)cc3)ncc21. The number of amides is 1. The van der Waals surface area contributed by atoms with Gasteiger partial charge in [-0.05, 0) is 36.4 Å². The molecule has 1 unspecified atom stereocenters. The normalized spacial score (nSPS) is 15.8. The van der Waals surface area contributed by atoms with Crippen LogP contribution in [0.3, 0.4) is 0 Å². The van der Waals surface area contributed by atoms with Crippen molar-refractivity contribution in [2.45, 2.75) is 10.9 Å². The number of carbonyl (C=O) groups is 1. The van der Waals surface area contributed by atoms with Crippen molar-refractivity contribution in [3.63, 3.8) is 0 Å². The second-order valence-corrected chi connectivity index (χ2v) is 9.49. The van der Waals surface area contributed by atoms with Gasteiger partial charge < -0.3 is 20.2 Å². The lowest BCUT2D eigenvalue weighted by Gasteiger charge is -2.38. The lowest BCUT2D eigenvalue weighted by molar-refractivity contribution is -0.120. The van der Waals surface area contributed by atoms with Gasteiger partial charge in [-0.3, -0.25) is 4.79 Å². The lowest BCUT2D eigenvalue weighted by atomic mass is 10.0. The number of aliphatic hydroxyl groups is 1. The molecule has 1 amide bonds. The minimum Gasteiger partial charge on any atom is -0.395 e. The van der Waals surface area contributed by atoms with Crippen LogP contribution in [0.25, 0.3) is 0 Å². The predicted molar refractivity (Wildman–Crippen MR) is 125 cm³/mol. The Morgan fingerprint density at radius 3 is 2.37 bits per heavy atom. The maximum Gasteiger partial charge on any atom is 0.254 e. The number of hydrogen-bond donors (Lipinski definition) is 3. The molecule has 0 radical (unpaired) electrons. The van der Waals surface area contributed by atoms with Gasteiger partial charge in [0.15, 0.2) is 5.82 Å². The quantitative estimate of drug-likeness (QED) is 0.445. The van der Waals surface area contributed by atoms with Crippen LogP contribution in [0, 0.1) is 11.6 Å². The highest BCUT2D eigenvalue weighted by Crippen LogP contribution is 2.40. The molecule has 13 heteroatoms. The molecule has 0 bridgehead atoms. The fourth-order valence-corrected chi connectivity index (χ4v) is 4.73. The van der Waals surface area contributed by atoms with Crippen LogP contribution >= 0.6 is 0 Å². The largest absolute Gasteiger partial charge is 0.395 e. The van der Waals surface area contributed by atoms with Gasteiger partial charge in [-0.15, -0.1) is 0 Å². The number of halogens is 2. The number of aliphatic hydroxyl groups excluding tert-OH is 1. The first kappa shape index (κ1) is 24.4. The summed E-state index contributed by atoms with van der Waals surface area (Å²) in [5.74, 6) is -1.84. The highest BCUT2D eigenvalue weighted by molar-refractivity contribution is 7.89. The van der Waals surface area contributed by atoms with E-state index in [1.165, 1.54) is 60.4 Å². The summed E-state index contributed by atoms with van der Waals surface area (Å²) in [6, 6.07) is 7.89. The van der Waals surface area contributed by atoms with E-state index >= 15 is 0 Å². The van der Waals surface area contributed by atoms with Gasteiger partial charge in [0, 0.05) is 26.3 Å².